The van der Waals surface area contributed by atoms with Gasteiger partial charge in [0.05, 0.1) is 17.4 Å². The Kier molecular flexibility index (Phi) is 3.68. The van der Waals surface area contributed by atoms with Crippen molar-refractivity contribution in [2.24, 2.45) is 24.6 Å². The lowest BCUT2D eigenvalue weighted by molar-refractivity contribution is 0.166. The van der Waals surface area contributed by atoms with Crippen molar-refractivity contribution in [2.45, 2.75) is 19.9 Å². The van der Waals surface area contributed by atoms with Crippen LogP contribution in [0.4, 0.5) is 0 Å². The Hall–Kier alpha value is -1.39. The molecule has 0 bridgehead atoms. The number of fused-ring (bicyclic) bond motifs is 1. The van der Waals surface area contributed by atoms with Crippen LogP contribution in [-0.2, 0) is 7.05 Å². The zero-order valence-electron chi connectivity index (χ0n) is 11.2. The summed E-state index contributed by atoms with van der Waals surface area (Å²) in [5.41, 5.74) is 9.33. The molecule has 2 atom stereocenters. The Morgan fingerprint density at radius 3 is 2.72 bits per heavy atom. The first-order valence-corrected chi connectivity index (χ1v) is 6.32. The third-order valence-corrected chi connectivity index (χ3v) is 3.66. The highest BCUT2D eigenvalue weighted by Gasteiger charge is 2.22. The summed E-state index contributed by atoms with van der Waals surface area (Å²) in [5.74, 6) is 0.426. The summed E-state index contributed by atoms with van der Waals surface area (Å²) >= 11 is 0. The van der Waals surface area contributed by atoms with Gasteiger partial charge in [-0.05, 0) is 23.6 Å². The number of aryl methyl sites for hydroxylation is 1. The third-order valence-electron chi connectivity index (χ3n) is 3.66. The maximum atomic E-state index is 9.45. The van der Waals surface area contributed by atoms with Crippen LogP contribution in [0, 0.1) is 11.8 Å². The normalized spacial score (nSPS) is 15.2. The molecule has 18 heavy (non-hydrogen) atoms. The number of hydrogen-bond donors (Lipinski definition) is 2. The summed E-state index contributed by atoms with van der Waals surface area (Å²) in [4.78, 5) is 4.34. The molecule has 2 unspecified atom stereocenters. The molecule has 0 radical (unpaired) electrons. The fourth-order valence-corrected chi connectivity index (χ4v) is 2.35. The van der Waals surface area contributed by atoms with Crippen LogP contribution in [0.1, 0.15) is 25.5 Å². The van der Waals surface area contributed by atoms with Gasteiger partial charge < -0.3 is 15.4 Å². The summed E-state index contributed by atoms with van der Waals surface area (Å²) in [6.07, 6.45) is 1.80. The molecule has 0 aliphatic carbocycles. The van der Waals surface area contributed by atoms with Crippen LogP contribution in [0.3, 0.4) is 0 Å². The number of aliphatic hydroxyl groups is 1. The van der Waals surface area contributed by atoms with E-state index in [2.05, 4.69) is 18.8 Å². The van der Waals surface area contributed by atoms with Crippen LogP contribution >= 0.6 is 0 Å². The lowest BCUT2D eigenvalue weighted by atomic mass is 9.85. The minimum absolute atomic E-state index is 0.0752. The first-order chi connectivity index (χ1) is 8.54. The molecule has 3 N–H and O–H groups in total. The van der Waals surface area contributed by atoms with Crippen molar-refractivity contribution in [3.8, 4) is 0 Å². The van der Waals surface area contributed by atoms with Gasteiger partial charge in [-0.15, -0.1) is 0 Å². The molecule has 4 nitrogen and oxygen atoms in total. The zero-order chi connectivity index (χ0) is 13.3. The molecule has 0 aliphatic rings. The van der Waals surface area contributed by atoms with E-state index < -0.39 is 0 Å². The van der Waals surface area contributed by atoms with Crippen LogP contribution in [0.25, 0.3) is 11.0 Å². The van der Waals surface area contributed by atoms with E-state index in [-0.39, 0.29) is 18.6 Å². The average Bonchev–Trinajstić information content (AvgIpc) is 2.71. The van der Waals surface area contributed by atoms with Crippen LogP contribution in [0.2, 0.25) is 0 Å². The second kappa shape index (κ2) is 5.08. The molecule has 1 aromatic heterocycles. The van der Waals surface area contributed by atoms with Crippen LogP contribution in [-0.4, -0.2) is 21.3 Å². The van der Waals surface area contributed by atoms with Crippen molar-refractivity contribution in [2.75, 3.05) is 6.61 Å². The largest absolute Gasteiger partial charge is 0.396 e. The highest BCUT2D eigenvalue weighted by Crippen LogP contribution is 2.27. The highest BCUT2D eigenvalue weighted by atomic mass is 16.3. The van der Waals surface area contributed by atoms with Gasteiger partial charge in [-0.2, -0.15) is 0 Å². The molecule has 0 aliphatic heterocycles. The first kappa shape index (κ1) is 13.1. The predicted octanol–water partition coefficient (Wildman–Crippen LogP) is 1.84. The quantitative estimate of drug-likeness (QED) is 0.866. The van der Waals surface area contributed by atoms with Crippen molar-refractivity contribution in [1.29, 1.82) is 0 Å². The van der Waals surface area contributed by atoms with E-state index in [1.807, 2.05) is 29.8 Å². The number of benzene rings is 1. The highest BCUT2D eigenvalue weighted by molar-refractivity contribution is 5.76. The zero-order valence-corrected chi connectivity index (χ0v) is 11.2. The molecule has 0 saturated carbocycles. The topological polar surface area (TPSA) is 64.1 Å². The van der Waals surface area contributed by atoms with Crippen LogP contribution < -0.4 is 5.73 Å². The van der Waals surface area contributed by atoms with Gasteiger partial charge in [-0.1, -0.05) is 19.9 Å². The Bertz CT molecular complexity index is 533. The van der Waals surface area contributed by atoms with E-state index in [9.17, 15) is 5.11 Å². The second-order valence-corrected chi connectivity index (χ2v) is 5.22. The molecule has 0 amide bonds. The number of nitrogens with two attached hydrogens (primary N) is 1. The number of hydrogen-bond acceptors (Lipinski definition) is 3. The summed E-state index contributed by atoms with van der Waals surface area (Å²) < 4.78 is 1.98. The van der Waals surface area contributed by atoms with Gasteiger partial charge in [0.25, 0.3) is 0 Å². The summed E-state index contributed by atoms with van der Waals surface area (Å²) in [7, 11) is 1.97. The SMILES string of the molecule is CC(C)C(CO)C(N)c1ccc2c(c1)ncn2C. The maximum absolute atomic E-state index is 9.45. The molecule has 2 rings (SSSR count). The average molecular weight is 247 g/mol. The van der Waals surface area contributed by atoms with E-state index in [1.54, 1.807) is 6.33 Å². The van der Waals surface area contributed by atoms with Crippen LogP contribution in [0.5, 0.6) is 0 Å². The Morgan fingerprint density at radius 1 is 1.39 bits per heavy atom. The molecule has 0 saturated heterocycles. The number of aliphatic hydroxyl groups excluding tert-OH is 1. The number of nitrogens with zero attached hydrogens (tertiary/aromatic N) is 2. The molecular formula is C14H21N3O. The summed E-state index contributed by atoms with van der Waals surface area (Å²) in [5, 5.41) is 9.45. The predicted molar refractivity (Wildman–Crippen MR) is 73.1 cm³/mol. The minimum atomic E-state index is -0.151. The summed E-state index contributed by atoms with van der Waals surface area (Å²) in [6, 6.07) is 5.93. The molecule has 2 aromatic rings. The molecule has 4 heteroatoms. The monoisotopic (exact) mass is 247 g/mol. The summed E-state index contributed by atoms with van der Waals surface area (Å²) in [6.45, 7) is 4.28. The molecular weight excluding hydrogens is 226 g/mol. The second-order valence-electron chi connectivity index (χ2n) is 5.22. The van der Waals surface area contributed by atoms with E-state index >= 15 is 0 Å². The van der Waals surface area contributed by atoms with Crippen molar-refractivity contribution in [3.05, 3.63) is 30.1 Å². The van der Waals surface area contributed by atoms with Crippen molar-refractivity contribution >= 4 is 11.0 Å². The van der Waals surface area contributed by atoms with Crippen LogP contribution in [0.15, 0.2) is 24.5 Å². The number of aromatic nitrogens is 2. The fraction of sp³-hybridized carbons (Fsp3) is 0.500. The fourth-order valence-electron chi connectivity index (χ4n) is 2.35. The van der Waals surface area contributed by atoms with Crippen molar-refractivity contribution < 1.29 is 5.11 Å². The first-order valence-electron chi connectivity index (χ1n) is 6.32. The molecule has 1 heterocycles. The van der Waals surface area contributed by atoms with Gasteiger partial charge in [0.15, 0.2) is 0 Å². The smallest absolute Gasteiger partial charge is 0.0955 e. The molecule has 0 fully saturated rings. The van der Waals surface area contributed by atoms with Crippen molar-refractivity contribution in [3.63, 3.8) is 0 Å². The van der Waals surface area contributed by atoms with Gasteiger partial charge >= 0.3 is 0 Å². The maximum Gasteiger partial charge on any atom is 0.0955 e. The number of rotatable bonds is 4. The number of imidazole rings is 1. The van der Waals surface area contributed by atoms with Gasteiger partial charge in [0.1, 0.15) is 0 Å². The van der Waals surface area contributed by atoms with E-state index in [0.717, 1.165) is 16.6 Å². The van der Waals surface area contributed by atoms with E-state index in [1.165, 1.54) is 0 Å². The molecule has 98 valence electrons. The standard InChI is InChI=1S/C14H21N3O/c1-9(2)11(7-18)14(15)10-4-5-13-12(6-10)16-8-17(13)3/h4-6,8-9,11,14,18H,7,15H2,1-3H3. The third kappa shape index (κ3) is 2.26. The molecule has 1 aromatic carbocycles. The van der Waals surface area contributed by atoms with Gasteiger partial charge in [0.2, 0.25) is 0 Å². The minimum Gasteiger partial charge on any atom is -0.396 e. The van der Waals surface area contributed by atoms with Gasteiger partial charge in [0, 0.05) is 25.6 Å². The Labute approximate surface area is 107 Å². The lowest BCUT2D eigenvalue weighted by Gasteiger charge is -2.25. The van der Waals surface area contributed by atoms with Crippen molar-refractivity contribution in [1.82, 2.24) is 9.55 Å². The Balaban J connectivity index is 2.35. The van der Waals surface area contributed by atoms with Gasteiger partial charge in [-0.3, -0.25) is 0 Å². The van der Waals surface area contributed by atoms with E-state index in [4.69, 9.17) is 5.73 Å². The van der Waals surface area contributed by atoms with Gasteiger partial charge in [-0.25, -0.2) is 4.98 Å². The van der Waals surface area contributed by atoms with E-state index in [0.29, 0.717) is 5.92 Å². The molecule has 0 spiro atoms. The Morgan fingerprint density at radius 2 is 2.11 bits per heavy atom. The lowest BCUT2D eigenvalue weighted by Crippen LogP contribution is -2.28.